The number of para-hydroxylation sites is 2. The van der Waals surface area contributed by atoms with E-state index >= 15 is 0 Å². The van der Waals surface area contributed by atoms with Crippen molar-refractivity contribution in [1.82, 2.24) is 4.57 Å². The van der Waals surface area contributed by atoms with Gasteiger partial charge in [-0.2, -0.15) is 0 Å². The van der Waals surface area contributed by atoms with Crippen LogP contribution in [-0.2, 0) is 0 Å². The van der Waals surface area contributed by atoms with Gasteiger partial charge in [0.25, 0.3) is 0 Å². The Hall–Kier alpha value is -7.65. The van der Waals surface area contributed by atoms with Gasteiger partial charge in [0, 0.05) is 43.6 Å². The van der Waals surface area contributed by atoms with E-state index in [1.54, 1.807) is 11.8 Å². The largest absolute Gasteiger partial charge is 0.308 e. The molecule has 0 aliphatic carbocycles. The Balaban J connectivity index is 1.33. The second-order valence-electron chi connectivity index (χ2n) is 15.7. The van der Waals surface area contributed by atoms with Gasteiger partial charge in [0.1, 0.15) is 0 Å². The number of hydrogen-bond donors (Lipinski definition) is 0. The zero-order valence-corrected chi connectivity index (χ0v) is 34.9. The molecule has 0 fully saturated rings. The van der Waals surface area contributed by atoms with Gasteiger partial charge in [-0.15, -0.1) is 0 Å². The minimum absolute atomic E-state index is 1.01. The predicted molar refractivity (Wildman–Crippen MR) is 267 cm³/mol. The van der Waals surface area contributed by atoms with E-state index in [0.29, 0.717) is 0 Å². The maximum Gasteiger partial charge on any atom is 0.0632 e. The van der Waals surface area contributed by atoms with E-state index < -0.39 is 0 Å². The van der Waals surface area contributed by atoms with Crippen molar-refractivity contribution in [2.45, 2.75) is 4.90 Å². The first-order valence-electron chi connectivity index (χ1n) is 21.1. The van der Waals surface area contributed by atoms with Gasteiger partial charge < -0.3 is 4.57 Å². The van der Waals surface area contributed by atoms with E-state index in [1.165, 1.54) is 87.9 Å². The van der Waals surface area contributed by atoms with Crippen molar-refractivity contribution in [2.75, 3.05) is 0 Å². The van der Waals surface area contributed by atoms with Crippen molar-refractivity contribution in [2.24, 2.45) is 0 Å². The van der Waals surface area contributed by atoms with E-state index in [0.717, 1.165) is 22.4 Å². The summed E-state index contributed by atoms with van der Waals surface area (Å²) in [7, 11) is 0. The first kappa shape index (κ1) is 37.4. The normalized spacial score (nSPS) is 13.4. The second kappa shape index (κ2) is 16.1. The van der Waals surface area contributed by atoms with Crippen molar-refractivity contribution in [1.29, 1.82) is 0 Å². The van der Waals surface area contributed by atoms with Crippen molar-refractivity contribution in [3.8, 4) is 72.4 Å². The van der Waals surface area contributed by atoms with Gasteiger partial charge >= 0.3 is 0 Å². The second-order valence-corrected chi connectivity index (χ2v) is 16.6. The maximum absolute atomic E-state index is 4.42. The molecule has 9 aromatic carbocycles. The van der Waals surface area contributed by atoms with Crippen molar-refractivity contribution in [3.05, 3.63) is 248 Å². The summed E-state index contributed by atoms with van der Waals surface area (Å²) >= 11 is 1.76. The smallest absolute Gasteiger partial charge is 0.0632 e. The topological polar surface area (TPSA) is 4.93 Å². The van der Waals surface area contributed by atoms with Crippen LogP contribution in [0.1, 0.15) is 5.56 Å². The van der Waals surface area contributed by atoms with Crippen LogP contribution in [0.15, 0.2) is 247 Å². The van der Waals surface area contributed by atoms with Crippen LogP contribution < -0.4 is 0 Å². The van der Waals surface area contributed by atoms with Gasteiger partial charge in [-0.3, -0.25) is 0 Å². The van der Waals surface area contributed by atoms with Crippen LogP contribution in [-0.4, -0.2) is 4.57 Å². The lowest BCUT2D eigenvalue weighted by molar-refractivity contribution is 1.18. The lowest BCUT2D eigenvalue weighted by atomic mass is 9.80. The molecule has 0 N–H and O–H groups in total. The van der Waals surface area contributed by atoms with Crippen LogP contribution in [0.2, 0.25) is 0 Å². The zero-order chi connectivity index (χ0) is 41.4. The molecule has 1 aliphatic heterocycles. The molecular weight excluding hydrogens is 767 g/mol. The molecule has 0 saturated heterocycles. The van der Waals surface area contributed by atoms with Gasteiger partial charge in [0.2, 0.25) is 0 Å². The number of thioether (sulfide) groups is 1. The number of benzene rings is 9. The first-order chi connectivity index (χ1) is 30.7. The van der Waals surface area contributed by atoms with E-state index in [1.807, 2.05) is 0 Å². The van der Waals surface area contributed by atoms with Crippen LogP contribution in [0.3, 0.4) is 0 Å². The summed E-state index contributed by atoms with van der Waals surface area (Å²) in [5.41, 5.74) is 19.9. The zero-order valence-electron chi connectivity index (χ0n) is 34.1. The van der Waals surface area contributed by atoms with Gasteiger partial charge in [-0.25, -0.2) is 0 Å². The third kappa shape index (κ3) is 6.44. The molecule has 0 unspecified atom stereocenters. The molecule has 2 heteroatoms. The number of allylic oxidation sites excluding steroid dienone is 4. The Morgan fingerprint density at radius 2 is 0.839 bits per heavy atom. The van der Waals surface area contributed by atoms with Crippen molar-refractivity contribution >= 4 is 39.1 Å². The standard InChI is InChI=1S/C60H41NS/c1-41-22-17-18-39-62-60-49(41)35-20-37-51(60)47-32-19-31-46(40-47)50-36-21-38-52-57-55(44-27-11-4-12-28-44)53(42-23-7-2-8-24-42)54(43-25-9-3-10-26-43)56(45-29-13-5-14-30-45)59(57)61(58(50)52)48-33-15-6-16-34-48/h2-40H,1H2/b22-17-,39-18-. The minimum atomic E-state index is 1.01. The summed E-state index contributed by atoms with van der Waals surface area (Å²) in [6, 6.07) is 77.5. The summed E-state index contributed by atoms with van der Waals surface area (Å²) in [5.74, 6) is 0. The van der Waals surface area contributed by atoms with E-state index in [-0.39, 0.29) is 0 Å². The molecule has 0 saturated carbocycles. The Bertz CT molecular complexity index is 3340. The Labute approximate surface area is 367 Å². The highest BCUT2D eigenvalue weighted by atomic mass is 32.2. The molecular formula is C60H41NS. The number of aromatic nitrogens is 1. The fourth-order valence-corrected chi connectivity index (χ4v) is 10.3. The summed E-state index contributed by atoms with van der Waals surface area (Å²) in [6.45, 7) is 4.42. The molecule has 0 atom stereocenters. The van der Waals surface area contributed by atoms with E-state index in [2.05, 4.69) is 247 Å². The number of hydrogen-bond acceptors (Lipinski definition) is 1. The lowest BCUT2D eigenvalue weighted by Gasteiger charge is -2.24. The van der Waals surface area contributed by atoms with Crippen LogP contribution in [0.4, 0.5) is 0 Å². The Morgan fingerprint density at radius 1 is 0.371 bits per heavy atom. The molecule has 11 rings (SSSR count). The van der Waals surface area contributed by atoms with Crippen molar-refractivity contribution < 1.29 is 0 Å². The Morgan fingerprint density at radius 3 is 1.47 bits per heavy atom. The van der Waals surface area contributed by atoms with Crippen LogP contribution in [0.5, 0.6) is 0 Å². The fourth-order valence-electron chi connectivity index (χ4n) is 9.37. The minimum Gasteiger partial charge on any atom is -0.308 e. The van der Waals surface area contributed by atoms with Gasteiger partial charge in [0.15, 0.2) is 0 Å². The molecule has 0 radical (unpaired) electrons. The number of nitrogens with zero attached hydrogens (tertiary/aromatic N) is 1. The van der Waals surface area contributed by atoms with E-state index in [9.17, 15) is 0 Å². The summed E-state index contributed by atoms with van der Waals surface area (Å²) < 4.78 is 2.55. The summed E-state index contributed by atoms with van der Waals surface area (Å²) in [4.78, 5) is 1.22. The lowest BCUT2D eigenvalue weighted by Crippen LogP contribution is -2.01. The highest BCUT2D eigenvalue weighted by Crippen LogP contribution is 2.55. The molecule has 1 nitrogen and oxygen atoms in total. The highest BCUT2D eigenvalue weighted by molar-refractivity contribution is 8.02. The molecule has 1 aliphatic rings. The van der Waals surface area contributed by atoms with Crippen LogP contribution in [0.25, 0.3) is 99.8 Å². The highest BCUT2D eigenvalue weighted by Gasteiger charge is 2.30. The molecule has 0 bridgehead atoms. The van der Waals surface area contributed by atoms with Crippen molar-refractivity contribution in [3.63, 3.8) is 0 Å². The molecule has 1 aromatic heterocycles. The first-order valence-corrected chi connectivity index (χ1v) is 22.0. The maximum atomic E-state index is 4.42. The molecule has 10 aromatic rings. The average molecular weight is 808 g/mol. The Kier molecular flexibility index (Phi) is 9.69. The monoisotopic (exact) mass is 807 g/mol. The van der Waals surface area contributed by atoms with Crippen LogP contribution in [0, 0.1) is 0 Å². The molecule has 292 valence electrons. The fraction of sp³-hybridized carbons (Fsp3) is 0. The average Bonchev–Trinajstić information content (AvgIpc) is 3.69. The van der Waals surface area contributed by atoms with E-state index in [4.69, 9.17) is 0 Å². The van der Waals surface area contributed by atoms with Gasteiger partial charge in [-0.05, 0) is 79.3 Å². The summed E-state index contributed by atoms with van der Waals surface area (Å²) in [6.07, 6.45) is 6.25. The number of fused-ring (bicyclic) bond motifs is 4. The number of rotatable bonds is 7. The summed E-state index contributed by atoms with van der Waals surface area (Å²) in [5, 5.41) is 4.59. The quantitative estimate of drug-likeness (QED) is 0.155. The molecule has 2 heterocycles. The van der Waals surface area contributed by atoms with Gasteiger partial charge in [0.05, 0.1) is 11.0 Å². The SMILES string of the molecule is C=C1/C=C\C=C/Sc2c1cccc2-c1cccc(-c2cccc3c4c(-c5ccccc5)c(-c5ccccc5)c(-c5ccccc5)c(-c5ccccc5)c4n(-c4ccccc4)c23)c1. The van der Waals surface area contributed by atoms with Gasteiger partial charge in [-0.1, -0.05) is 231 Å². The molecule has 0 amide bonds. The van der Waals surface area contributed by atoms with Crippen LogP contribution >= 0.6 is 11.8 Å². The molecule has 0 spiro atoms. The molecule has 62 heavy (non-hydrogen) atoms. The third-order valence-corrected chi connectivity index (χ3v) is 13.0. The third-order valence-electron chi connectivity index (χ3n) is 12.0. The predicted octanol–water partition coefficient (Wildman–Crippen LogP) is 17.0.